The number of rotatable bonds is 2. The van der Waals surface area contributed by atoms with Gasteiger partial charge in [0.15, 0.2) is 0 Å². The molecule has 130 valence electrons. The van der Waals surface area contributed by atoms with Crippen LogP contribution in [0.25, 0.3) is 0 Å². The number of amides is 1. The van der Waals surface area contributed by atoms with Crippen molar-refractivity contribution in [2.75, 3.05) is 26.2 Å². The zero-order valence-electron chi connectivity index (χ0n) is 14.8. The predicted molar refractivity (Wildman–Crippen MR) is 93.7 cm³/mol. The normalized spacial score (nSPS) is 31.9. The van der Waals surface area contributed by atoms with Gasteiger partial charge in [-0.25, -0.2) is 0 Å². The smallest absolute Gasteiger partial charge is 0.226 e. The summed E-state index contributed by atoms with van der Waals surface area (Å²) < 4.78 is 6.07. The summed E-state index contributed by atoms with van der Waals surface area (Å²) in [6, 6.07) is 8.54. The molecule has 1 amide bonds. The molecule has 4 nitrogen and oxygen atoms in total. The lowest BCUT2D eigenvalue weighted by Gasteiger charge is -2.39. The number of nitrogens with one attached hydrogen (secondary N) is 1. The van der Waals surface area contributed by atoms with E-state index in [1.807, 2.05) is 0 Å². The maximum atomic E-state index is 13.2. The number of benzene rings is 1. The first kappa shape index (κ1) is 16.1. The van der Waals surface area contributed by atoms with Gasteiger partial charge in [0.25, 0.3) is 0 Å². The van der Waals surface area contributed by atoms with Crippen LogP contribution in [0.5, 0.6) is 0 Å². The minimum atomic E-state index is 0.00840. The predicted octanol–water partition coefficient (Wildman–Crippen LogP) is 2.67. The zero-order valence-corrected chi connectivity index (χ0v) is 14.8. The number of carbonyl (C=O) groups excluding carboxylic acids is 1. The van der Waals surface area contributed by atoms with Gasteiger partial charge < -0.3 is 15.0 Å². The molecule has 24 heavy (non-hydrogen) atoms. The maximum Gasteiger partial charge on any atom is 0.226 e. The molecule has 1 aromatic carbocycles. The van der Waals surface area contributed by atoms with E-state index in [0.29, 0.717) is 24.5 Å². The van der Waals surface area contributed by atoms with Crippen LogP contribution in [0.4, 0.5) is 0 Å². The molecule has 0 radical (unpaired) electrons. The highest BCUT2D eigenvalue weighted by Gasteiger charge is 2.59. The Balaban J connectivity index is 1.48. The van der Waals surface area contributed by atoms with E-state index in [1.54, 1.807) is 0 Å². The van der Waals surface area contributed by atoms with Crippen molar-refractivity contribution in [2.24, 2.45) is 11.3 Å². The number of hydrogen-bond donors (Lipinski definition) is 1. The molecule has 0 unspecified atom stereocenters. The Bertz CT molecular complexity index is 624. The number of aryl methyl sites for hydroxylation is 1. The number of nitrogens with zero attached hydrogens (tertiary/aromatic N) is 1. The third kappa shape index (κ3) is 2.76. The van der Waals surface area contributed by atoms with Gasteiger partial charge in [-0.3, -0.25) is 4.79 Å². The molecule has 3 fully saturated rings. The third-order valence-electron chi connectivity index (χ3n) is 6.34. The fourth-order valence-electron chi connectivity index (χ4n) is 4.57. The van der Waals surface area contributed by atoms with E-state index in [9.17, 15) is 4.79 Å². The molecule has 1 N–H and O–H groups in total. The first-order valence-corrected chi connectivity index (χ1v) is 9.29. The summed E-state index contributed by atoms with van der Waals surface area (Å²) in [5.74, 6) is 0.615. The van der Waals surface area contributed by atoms with Crippen molar-refractivity contribution in [3.05, 3.63) is 35.4 Å². The Hall–Kier alpha value is -1.39. The Morgan fingerprint density at radius 1 is 1.29 bits per heavy atom. The van der Waals surface area contributed by atoms with Gasteiger partial charge in [-0.15, -0.1) is 0 Å². The van der Waals surface area contributed by atoms with Gasteiger partial charge in [0.1, 0.15) is 6.10 Å². The summed E-state index contributed by atoms with van der Waals surface area (Å²) in [5, 5.41) is 3.42. The van der Waals surface area contributed by atoms with Crippen molar-refractivity contribution >= 4 is 5.91 Å². The largest absolute Gasteiger partial charge is 0.370 e. The lowest BCUT2D eigenvalue weighted by molar-refractivity contribution is -0.147. The summed E-state index contributed by atoms with van der Waals surface area (Å²) >= 11 is 0. The summed E-state index contributed by atoms with van der Waals surface area (Å²) in [5.41, 5.74) is 2.76. The third-order valence-corrected chi connectivity index (χ3v) is 6.34. The molecule has 2 saturated heterocycles. The molecule has 2 aliphatic heterocycles. The van der Waals surface area contributed by atoms with Crippen molar-refractivity contribution in [1.29, 1.82) is 0 Å². The first-order valence-electron chi connectivity index (χ1n) is 9.29. The SMILES string of the molecule is Cc1ccccc1[C@@H]1CN(C(=O)[C@@H]2CC23CCNCC3)[C@H](C)CO1. The topological polar surface area (TPSA) is 41.6 Å². The van der Waals surface area contributed by atoms with Crippen LogP contribution >= 0.6 is 0 Å². The molecule has 0 bridgehead atoms. The van der Waals surface area contributed by atoms with Gasteiger partial charge in [-0.05, 0) is 62.7 Å². The molecule has 1 aliphatic carbocycles. The second-order valence-electron chi connectivity index (χ2n) is 7.89. The highest BCUT2D eigenvalue weighted by molar-refractivity contribution is 5.83. The fourth-order valence-corrected chi connectivity index (χ4v) is 4.57. The molecule has 4 heteroatoms. The van der Waals surface area contributed by atoms with E-state index in [2.05, 4.69) is 48.3 Å². The number of morpholine rings is 1. The summed E-state index contributed by atoms with van der Waals surface area (Å²) in [4.78, 5) is 15.3. The first-order chi connectivity index (χ1) is 11.6. The minimum absolute atomic E-state index is 0.00840. The average Bonchev–Trinajstić information content (AvgIpc) is 3.29. The van der Waals surface area contributed by atoms with Crippen LogP contribution < -0.4 is 5.32 Å². The van der Waals surface area contributed by atoms with E-state index in [4.69, 9.17) is 4.74 Å². The molecule has 0 aromatic heterocycles. The monoisotopic (exact) mass is 328 g/mol. The van der Waals surface area contributed by atoms with E-state index in [1.165, 1.54) is 11.1 Å². The minimum Gasteiger partial charge on any atom is -0.370 e. The van der Waals surface area contributed by atoms with Gasteiger partial charge in [0.2, 0.25) is 5.91 Å². The van der Waals surface area contributed by atoms with E-state index < -0.39 is 0 Å². The van der Waals surface area contributed by atoms with Crippen LogP contribution in [0.1, 0.15) is 43.4 Å². The highest BCUT2D eigenvalue weighted by atomic mass is 16.5. The van der Waals surface area contributed by atoms with Gasteiger partial charge in [0.05, 0.1) is 19.2 Å². The Kier molecular flexibility index (Phi) is 4.13. The number of piperidine rings is 1. The van der Waals surface area contributed by atoms with E-state index in [0.717, 1.165) is 32.4 Å². The van der Waals surface area contributed by atoms with Gasteiger partial charge in [-0.2, -0.15) is 0 Å². The van der Waals surface area contributed by atoms with Crippen molar-refractivity contribution in [3.63, 3.8) is 0 Å². The van der Waals surface area contributed by atoms with E-state index in [-0.39, 0.29) is 18.1 Å². The second-order valence-corrected chi connectivity index (χ2v) is 7.89. The summed E-state index contributed by atoms with van der Waals surface area (Å²) in [6.07, 6.45) is 3.41. The van der Waals surface area contributed by atoms with Crippen LogP contribution in [-0.2, 0) is 9.53 Å². The lowest BCUT2D eigenvalue weighted by atomic mass is 9.91. The van der Waals surface area contributed by atoms with Crippen LogP contribution in [0.2, 0.25) is 0 Å². The summed E-state index contributed by atoms with van der Waals surface area (Å²) in [6.45, 7) is 7.68. The Labute approximate surface area is 144 Å². The van der Waals surface area contributed by atoms with Crippen molar-refractivity contribution < 1.29 is 9.53 Å². The van der Waals surface area contributed by atoms with E-state index >= 15 is 0 Å². The quantitative estimate of drug-likeness (QED) is 0.907. The fraction of sp³-hybridized carbons (Fsp3) is 0.650. The molecule has 1 saturated carbocycles. The average molecular weight is 328 g/mol. The van der Waals surface area contributed by atoms with Crippen molar-refractivity contribution in [1.82, 2.24) is 10.2 Å². The molecule has 4 rings (SSSR count). The standard InChI is InChI=1S/C20H28N2O2/c1-14-5-3-4-6-16(14)18-12-22(15(2)13-24-18)19(23)17-11-20(17)7-9-21-10-8-20/h3-6,15,17-18,21H,7-13H2,1-2H3/t15-,17+,18+/m1/s1. The van der Waals surface area contributed by atoms with Crippen LogP contribution in [0.3, 0.4) is 0 Å². The molecule has 2 heterocycles. The molecule has 3 atom stereocenters. The molecule has 1 aromatic rings. The molecular formula is C20H28N2O2. The van der Waals surface area contributed by atoms with Crippen molar-refractivity contribution in [2.45, 2.75) is 45.3 Å². The zero-order chi connectivity index (χ0) is 16.7. The van der Waals surface area contributed by atoms with Crippen molar-refractivity contribution in [3.8, 4) is 0 Å². The maximum absolute atomic E-state index is 13.2. The van der Waals surface area contributed by atoms with Crippen LogP contribution in [0, 0.1) is 18.3 Å². The number of carbonyl (C=O) groups is 1. The molecule has 3 aliphatic rings. The molecule has 1 spiro atoms. The van der Waals surface area contributed by atoms with Gasteiger partial charge >= 0.3 is 0 Å². The Morgan fingerprint density at radius 3 is 2.79 bits per heavy atom. The van der Waals surface area contributed by atoms with Crippen LogP contribution in [-0.4, -0.2) is 43.1 Å². The van der Waals surface area contributed by atoms with Gasteiger partial charge in [-0.1, -0.05) is 24.3 Å². The number of hydrogen-bond acceptors (Lipinski definition) is 3. The summed E-state index contributed by atoms with van der Waals surface area (Å²) in [7, 11) is 0. The highest BCUT2D eigenvalue weighted by Crippen LogP contribution is 2.59. The lowest BCUT2D eigenvalue weighted by Crippen LogP contribution is -2.49. The Morgan fingerprint density at radius 2 is 2.04 bits per heavy atom. The van der Waals surface area contributed by atoms with Crippen LogP contribution in [0.15, 0.2) is 24.3 Å². The van der Waals surface area contributed by atoms with Gasteiger partial charge in [0, 0.05) is 5.92 Å². The molecular weight excluding hydrogens is 300 g/mol. The number of ether oxygens (including phenoxy) is 1. The second kappa shape index (κ2) is 6.16.